The second-order valence-corrected chi connectivity index (χ2v) is 7.23. The van der Waals surface area contributed by atoms with Crippen LogP contribution in [-0.4, -0.2) is 22.1 Å². The Morgan fingerprint density at radius 2 is 1.64 bits per heavy atom. The molecule has 28 heavy (non-hydrogen) atoms. The van der Waals surface area contributed by atoms with E-state index in [-0.39, 0.29) is 6.10 Å². The predicted octanol–water partition coefficient (Wildman–Crippen LogP) is 5.42. The molecule has 1 heterocycles. The van der Waals surface area contributed by atoms with Crippen molar-refractivity contribution in [1.82, 2.24) is 9.97 Å². The van der Waals surface area contributed by atoms with E-state index in [1.807, 2.05) is 50.2 Å². The van der Waals surface area contributed by atoms with Crippen molar-refractivity contribution in [3.63, 3.8) is 0 Å². The Morgan fingerprint density at radius 3 is 2.36 bits per heavy atom. The fourth-order valence-corrected chi connectivity index (χ4v) is 2.92. The molecule has 0 saturated carbocycles. The number of aromatic nitrogens is 2. The molecule has 0 saturated heterocycles. The number of nitrogens with one attached hydrogen (secondary N) is 1. The van der Waals surface area contributed by atoms with Crippen LogP contribution in [-0.2, 0) is 6.54 Å². The van der Waals surface area contributed by atoms with Gasteiger partial charge in [0.1, 0.15) is 11.6 Å². The Hall–Kier alpha value is -3.08. The molecule has 146 valence electrons. The molecule has 3 rings (SSSR count). The lowest BCUT2D eigenvalue weighted by molar-refractivity contribution is 0.244. The highest BCUT2D eigenvalue weighted by Gasteiger charge is 2.14. The van der Waals surface area contributed by atoms with Crippen LogP contribution in [0.25, 0.3) is 0 Å². The van der Waals surface area contributed by atoms with Crippen LogP contribution >= 0.6 is 0 Å². The first-order chi connectivity index (χ1) is 13.5. The normalized spacial score (nSPS) is 10.9. The number of para-hydroxylation sites is 2. The van der Waals surface area contributed by atoms with Gasteiger partial charge in [0.25, 0.3) is 0 Å². The van der Waals surface area contributed by atoms with Gasteiger partial charge in [-0.3, -0.25) is 0 Å². The highest BCUT2D eigenvalue weighted by Crippen LogP contribution is 2.28. The van der Waals surface area contributed by atoms with Crippen molar-refractivity contribution in [2.75, 3.05) is 10.2 Å². The van der Waals surface area contributed by atoms with Gasteiger partial charge in [0.15, 0.2) is 0 Å². The standard InChI is InChI=1S/C23H28N4O/c1-17(2)27(16-19-10-6-5-7-11-19)22-14-15-24-23(26-22)25-20-12-8-9-13-21(20)28-18(3)4/h5-15,17-18H,16H2,1-4H3,(H,24,25,26). The Morgan fingerprint density at radius 1 is 0.929 bits per heavy atom. The minimum absolute atomic E-state index is 0.0949. The average molecular weight is 377 g/mol. The van der Waals surface area contributed by atoms with E-state index < -0.39 is 0 Å². The molecule has 0 bridgehead atoms. The lowest BCUT2D eigenvalue weighted by Gasteiger charge is -2.28. The van der Waals surface area contributed by atoms with Crippen molar-refractivity contribution in [1.29, 1.82) is 0 Å². The van der Waals surface area contributed by atoms with Gasteiger partial charge in [-0.05, 0) is 51.5 Å². The van der Waals surface area contributed by atoms with Gasteiger partial charge < -0.3 is 15.0 Å². The van der Waals surface area contributed by atoms with Gasteiger partial charge in [-0.15, -0.1) is 0 Å². The summed E-state index contributed by atoms with van der Waals surface area (Å²) >= 11 is 0. The fourth-order valence-electron chi connectivity index (χ4n) is 2.92. The fraction of sp³-hybridized carbons (Fsp3) is 0.304. The van der Waals surface area contributed by atoms with Crippen LogP contribution in [0.5, 0.6) is 5.75 Å². The zero-order chi connectivity index (χ0) is 19.9. The van der Waals surface area contributed by atoms with Crippen LogP contribution in [0.3, 0.4) is 0 Å². The first-order valence-electron chi connectivity index (χ1n) is 9.69. The van der Waals surface area contributed by atoms with E-state index in [9.17, 15) is 0 Å². The monoisotopic (exact) mass is 376 g/mol. The molecule has 5 heteroatoms. The molecule has 1 N–H and O–H groups in total. The van der Waals surface area contributed by atoms with Crippen molar-refractivity contribution >= 4 is 17.5 Å². The van der Waals surface area contributed by atoms with Gasteiger partial charge in [-0.25, -0.2) is 4.98 Å². The summed E-state index contributed by atoms with van der Waals surface area (Å²) in [7, 11) is 0. The number of anilines is 3. The molecule has 2 aromatic carbocycles. The van der Waals surface area contributed by atoms with E-state index in [4.69, 9.17) is 9.72 Å². The number of nitrogens with zero attached hydrogens (tertiary/aromatic N) is 3. The molecule has 3 aromatic rings. The third-order valence-electron chi connectivity index (χ3n) is 4.25. The molecular formula is C23H28N4O. The van der Waals surface area contributed by atoms with Gasteiger partial charge >= 0.3 is 0 Å². The number of benzene rings is 2. The maximum absolute atomic E-state index is 5.88. The first kappa shape index (κ1) is 19.7. The Kier molecular flexibility index (Phi) is 6.48. The number of hydrogen-bond acceptors (Lipinski definition) is 5. The Balaban J connectivity index is 1.83. The van der Waals surface area contributed by atoms with Crippen LogP contribution in [0.2, 0.25) is 0 Å². The highest BCUT2D eigenvalue weighted by atomic mass is 16.5. The first-order valence-corrected chi connectivity index (χ1v) is 9.69. The average Bonchev–Trinajstić information content (AvgIpc) is 2.68. The van der Waals surface area contributed by atoms with Crippen LogP contribution in [0.1, 0.15) is 33.3 Å². The molecule has 5 nitrogen and oxygen atoms in total. The van der Waals surface area contributed by atoms with Crippen LogP contribution in [0.4, 0.5) is 17.5 Å². The molecule has 0 amide bonds. The lowest BCUT2D eigenvalue weighted by atomic mass is 10.2. The Labute approximate surface area is 167 Å². The smallest absolute Gasteiger partial charge is 0.229 e. The molecule has 1 aromatic heterocycles. The zero-order valence-corrected chi connectivity index (χ0v) is 17.0. The molecule has 0 aliphatic heterocycles. The van der Waals surface area contributed by atoms with E-state index in [2.05, 4.69) is 53.3 Å². The topological polar surface area (TPSA) is 50.3 Å². The lowest BCUT2D eigenvalue weighted by Crippen LogP contribution is -2.31. The summed E-state index contributed by atoms with van der Waals surface area (Å²) in [4.78, 5) is 11.4. The molecular weight excluding hydrogens is 348 g/mol. The molecule has 0 unspecified atom stereocenters. The van der Waals surface area contributed by atoms with Crippen LogP contribution < -0.4 is 15.0 Å². The van der Waals surface area contributed by atoms with E-state index in [0.717, 1.165) is 23.8 Å². The SMILES string of the molecule is CC(C)Oc1ccccc1Nc1nccc(N(Cc2ccccc2)C(C)C)n1. The summed E-state index contributed by atoms with van der Waals surface area (Å²) in [5.41, 5.74) is 2.10. The van der Waals surface area contributed by atoms with Crippen molar-refractivity contribution in [3.8, 4) is 5.75 Å². The third kappa shape index (κ3) is 5.22. The molecule has 0 spiro atoms. The molecule has 0 atom stereocenters. The van der Waals surface area contributed by atoms with Crippen molar-refractivity contribution in [3.05, 3.63) is 72.4 Å². The minimum atomic E-state index is 0.0949. The van der Waals surface area contributed by atoms with E-state index in [1.54, 1.807) is 6.20 Å². The van der Waals surface area contributed by atoms with Crippen LogP contribution in [0, 0.1) is 0 Å². The van der Waals surface area contributed by atoms with Gasteiger partial charge in [-0.2, -0.15) is 4.98 Å². The Bertz CT molecular complexity index is 881. The van der Waals surface area contributed by atoms with Crippen molar-refractivity contribution in [2.24, 2.45) is 0 Å². The molecule has 0 fully saturated rings. The maximum atomic E-state index is 5.88. The summed E-state index contributed by atoms with van der Waals surface area (Å²) in [6.45, 7) is 9.16. The zero-order valence-electron chi connectivity index (χ0n) is 17.0. The third-order valence-corrected chi connectivity index (χ3v) is 4.25. The van der Waals surface area contributed by atoms with Crippen molar-refractivity contribution in [2.45, 2.75) is 46.4 Å². The summed E-state index contributed by atoms with van der Waals surface area (Å²) in [6.07, 6.45) is 1.88. The van der Waals surface area contributed by atoms with Gasteiger partial charge in [0.2, 0.25) is 5.95 Å². The predicted molar refractivity (Wildman–Crippen MR) is 115 cm³/mol. The molecule has 0 aliphatic rings. The summed E-state index contributed by atoms with van der Waals surface area (Å²) in [5, 5.41) is 3.30. The number of rotatable bonds is 8. The van der Waals surface area contributed by atoms with Gasteiger partial charge in [-0.1, -0.05) is 42.5 Å². The van der Waals surface area contributed by atoms with E-state index in [0.29, 0.717) is 12.0 Å². The summed E-state index contributed by atoms with van der Waals surface area (Å²) < 4.78 is 5.88. The molecule has 0 radical (unpaired) electrons. The van der Waals surface area contributed by atoms with E-state index in [1.165, 1.54) is 5.56 Å². The highest BCUT2D eigenvalue weighted by molar-refractivity contribution is 5.63. The van der Waals surface area contributed by atoms with Crippen molar-refractivity contribution < 1.29 is 4.74 Å². The maximum Gasteiger partial charge on any atom is 0.229 e. The number of ether oxygens (including phenoxy) is 1. The summed E-state index contributed by atoms with van der Waals surface area (Å²) in [6, 6.07) is 20.5. The van der Waals surface area contributed by atoms with E-state index >= 15 is 0 Å². The largest absolute Gasteiger partial charge is 0.489 e. The van der Waals surface area contributed by atoms with Crippen LogP contribution in [0.15, 0.2) is 66.9 Å². The number of hydrogen-bond donors (Lipinski definition) is 1. The second kappa shape index (κ2) is 9.22. The molecule has 0 aliphatic carbocycles. The quantitative estimate of drug-likeness (QED) is 0.569. The van der Waals surface area contributed by atoms with Gasteiger partial charge in [0.05, 0.1) is 11.8 Å². The minimum Gasteiger partial charge on any atom is -0.489 e. The summed E-state index contributed by atoms with van der Waals surface area (Å²) in [5.74, 6) is 2.23. The second-order valence-electron chi connectivity index (χ2n) is 7.23. The van der Waals surface area contributed by atoms with Gasteiger partial charge in [0, 0.05) is 18.8 Å².